The van der Waals surface area contributed by atoms with Gasteiger partial charge in [-0.2, -0.15) is 0 Å². The van der Waals surface area contributed by atoms with Crippen LogP contribution in [0.1, 0.15) is 34.0 Å². The van der Waals surface area contributed by atoms with Crippen molar-refractivity contribution in [2.24, 2.45) is 0 Å². The molecule has 0 N–H and O–H groups in total. The van der Waals surface area contributed by atoms with Gasteiger partial charge < -0.3 is 4.74 Å². The highest BCUT2D eigenvalue weighted by atomic mass is 32.1. The molecular formula is C14H23NO2S. The molecule has 0 atom stereocenters. The second-order valence-electron chi connectivity index (χ2n) is 4.32. The Morgan fingerprint density at radius 3 is 2.61 bits per heavy atom. The van der Waals surface area contributed by atoms with Crippen LogP contribution in [-0.2, 0) is 4.74 Å². The van der Waals surface area contributed by atoms with Crippen LogP contribution in [-0.4, -0.2) is 43.5 Å². The molecule has 1 aromatic rings. The van der Waals surface area contributed by atoms with Crippen molar-refractivity contribution >= 4 is 17.1 Å². The molecule has 0 fully saturated rings. The molecule has 0 aliphatic carbocycles. The number of Topliss-reactive ketones (excluding diaryl/α,β-unsaturated/α-hetero) is 1. The van der Waals surface area contributed by atoms with Gasteiger partial charge in [-0.1, -0.05) is 6.92 Å². The van der Waals surface area contributed by atoms with E-state index in [1.165, 1.54) is 4.88 Å². The minimum absolute atomic E-state index is 0.218. The molecule has 0 bridgehead atoms. The highest BCUT2D eigenvalue weighted by molar-refractivity contribution is 7.12. The van der Waals surface area contributed by atoms with Crippen molar-refractivity contribution in [3.63, 3.8) is 0 Å². The van der Waals surface area contributed by atoms with Gasteiger partial charge in [-0.05, 0) is 33.4 Å². The average Bonchev–Trinajstić information content (AvgIpc) is 2.67. The molecule has 0 amide bonds. The Hall–Kier alpha value is -0.710. The molecule has 1 heterocycles. The van der Waals surface area contributed by atoms with Crippen molar-refractivity contribution in [2.45, 2.75) is 27.7 Å². The first-order valence-corrected chi connectivity index (χ1v) is 7.30. The zero-order valence-corrected chi connectivity index (χ0v) is 12.6. The third-order valence-electron chi connectivity index (χ3n) is 2.91. The summed E-state index contributed by atoms with van der Waals surface area (Å²) < 4.78 is 5.33. The van der Waals surface area contributed by atoms with Gasteiger partial charge in [0.25, 0.3) is 0 Å². The third kappa shape index (κ3) is 4.52. The lowest BCUT2D eigenvalue weighted by Gasteiger charge is -2.19. The Kier molecular flexibility index (Phi) is 6.54. The maximum Gasteiger partial charge on any atom is 0.177 e. The van der Waals surface area contributed by atoms with Crippen molar-refractivity contribution < 1.29 is 9.53 Å². The molecule has 0 aliphatic rings. The van der Waals surface area contributed by atoms with E-state index in [9.17, 15) is 4.79 Å². The number of hydrogen-bond acceptors (Lipinski definition) is 4. The molecule has 0 unspecified atom stereocenters. The Morgan fingerprint density at radius 1 is 1.39 bits per heavy atom. The van der Waals surface area contributed by atoms with Crippen LogP contribution in [0.5, 0.6) is 0 Å². The first kappa shape index (κ1) is 15.3. The fourth-order valence-corrected chi connectivity index (χ4v) is 2.83. The van der Waals surface area contributed by atoms with Gasteiger partial charge in [0.1, 0.15) is 0 Å². The fraction of sp³-hybridized carbons (Fsp3) is 0.643. The van der Waals surface area contributed by atoms with Crippen molar-refractivity contribution in [1.82, 2.24) is 4.90 Å². The van der Waals surface area contributed by atoms with E-state index >= 15 is 0 Å². The number of thiophene rings is 1. The molecule has 0 spiro atoms. The molecule has 1 aromatic heterocycles. The highest BCUT2D eigenvalue weighted by Gasteiger charge is 2.15. The van der Waals surface area contributed by atoms with Crippen LogP contribution in [0.2, 0.25) is 0 Å². The predicted octanol–water partition coefficient (Wildman–Crippen LogP) is 2.91. The molecule has 0 aromatic carbocycles. The van der Waals surface area contributed by atoms with Crippen LogP contribution in [0.4, 0.5) is 0 Å². The Morgan fingerprint density at radius 2 is 2.11 bits per heavy atom. The van der Waals surface area contributed by atoms with Gasteiger partial charge in [-0.3, -0.25) is 9.69 Å². The normalized spacial score (nSPS) is 11.2. The Balaban J connectivity index is 2.54. The van der Waals surface area contributed by atoms with Crippen molar-refractivity contribution in [3.8, 4) is 0 Å². The molecule has 0 saturated heterocycles. The smallest absolute Gasteiger partial charge is 0.177 e. The molecule has 0 saturated carbocycles. The van der Waals surface area contributed by atoms with E-state index in [4.69, 9.17) is 4.74 Å². The van der Waals surface area contributed by atoms with E-state index in [-0.39, 0.29) is 5.78 Å². The Bertz CT molecular complexity index is 387. The van der Waals surface area contributed by atoms with E-state index in [2.05, 4.69) is 11.8 Å². The number of nitrogens with zero attached hydrogens (tertiary/aromatic N) is 1. The molecular weight excluding hydrogens is 246 g/mol. The van der Waals surface area contributed by atoms with Crippen molar-refractivity contribution in [1.29, 1.82) is 0 Å². The van der Waals surface area contributed by atoms with Crippen LogP contribution in [0.15, 0.2) is 6.07 Å². The van der Waals surface area contributed by atoms with Gasteiger partial charge >= 0.3 is 0 Å². The summed E-state index contributed by atoms with van der Waals surface area (Å²) in [6.07, 6.45) is 0. The number of aryl methyl sites for hydroxylation is 2. The van der Waals surface area contributed by atoms with E-state index in [0.717, 1.165) is 30.1 Å². The SMILES string of the molecule is CCOCCN(CC)CC(=O)c1cc(C)sc1C. The number of likely N-dealkylation sites (N-methyl/N-ethyl adjacent to an activating group) is 1. The minimum Gasteiger partial charge on any atom is -0.380 e. The summed E-state index contributed by atoms with van der Waals surface area (Å²) in [4.78, 5) is 16.7. The lowest BCUT2D eigenvalue weighted by molar-refractivity contribution is 0.0867. The second kappa shape index (κ2) is 7.67. The van der Waals surface area contributed by atoms with Gasteiger partial charge in [-0.15, -0.1) is 11.3 Å². The quantitative estimate of drug-likeness (QED) is 0.537. The van der Waals surface area contributed by atoms with E-state index in [0.29, 0.717) is 13.2 Å². The molecule has 1 rings (SSSR count). The molecule has 102 valence electrons. The van der Waals surface area contributed by atoms with Gasteiger partial charge in [-0.25, -0.2) is 0 Å². The van der Waals surface area contributed by atoms with Crippen LogP contribution in [0, 0.1) is 13.8 Å². The van der Waals surface area contributed by atoms with Crippen molar-refractivity contribution in [3.05, 3.63) is 21.4 Å². The largest absolute Gasteiger partial charge is 0.380 e. The van der Waals surface area contributed by atoms with E-state index < -0.39 is 0 Å². The van der Waals surface area contributed by atoms with Gasteiger partial charge in [0.05, 0.1) is 13.2 Å². The summed E-state index contributed by atoms with van der Waals surface area (Å²) in [5.74, 6) is 0.218. The molecule has 0 aliphatic heterocycles. The topological polar surface area (TPSA) is 29.5 Å². The number of carbonyl (C=O) groups is 1. The van der Waals surface area contributed by atoms with Crippen LogP contribution < -0.4 is 0 Å². The summed E-state index contributed by atoms with van der Waals surface area (Å²) >= 11 is 1.69. The molecule has 18 heavy (non-hydrogen) atoms. The highest BCUT2D eigenvalue weighted by Crippen LogP contribution is 2.21. The minimum atomic E-state index is 0.218. The maximum atomic E-state index is 12.2. The monoisotopic (exact) mass is 269 g/mol. The van der Waals surface area contributed by atoms with E-state index in [1.807, 2.05) is 26.8 Å². The zero-order chi connectivity index (χ0) is 13.5. The lowest BCUT2D eigenvalue weighted by atomic mass is 10.1. The van der Waals surface area contributed by atoms with Crippen LogP contribution in [0.3, 0.4) is 0 Å². The number of carbonyl (C=O) groups excluding carboxylic acids is 1. The maximum absolute atomic E-state index is 12.2. The molecule has 0 radical (unpaired) electrons. The fourth-order valence-electron chi connectivity index (χ4n) is 1.88. The van der Waals surface area contributed by atoms with Crippen molar-refractivity contribution in [2.75, 3.05) is 32.8 Å². The van der Waals surface area contributed by atoms with Gasteiger partial charge in [0.15, 0.2) is 5.78 Å². The zero-order valence-electron chi connectivity index (χ0n) is 11.8. The van der Waals surface area contributed by atoms with Gasteiger partial charge in [0, 0.05) is 28.5 Å². The predicted molar refractivity (Wildman–Crippen MR) is 76.7 cm³/mol. The summed E-state index contributed by atoms with van der Waals surface area (Å²) in [5.41, 5.74) is 0.882. The van der Waals surface area contributed by atoms with Crippen LogP contribution in [0.25, 0.3) is 0 Å². The first-order chi connectivity index (χ1) is 8.58. The Labute approximate surface area is 114 Å². The van der Waals surface area contributed by atoms with E-state index in [1.54, 1.807) is 11.3 Å². The summed E-state index contributed by atoms with van der Waals surface area (Å²) in [6.45, 7) is 11.7. The second-order valence-corrected chi connectivity index (χ2v) is 5.78. The summed E-state index contributed by atoms with van der Waals surface area (Å²) in [6, 6.07) is 2.00. The first-order valence-electron chi connectivity index (χ1n) is 6.48. The molecule has 4 heteroatoms. The number of hydrogen-bond donors (Lipinski definition) is 0. The lowest BCUT2D eigenvalue weighted by Crippen LogP contribution is -2.32. The third-order valence-corrected chi connectivity index (χ3v) is 3.88. The van der Waals surface area contributed by atoms with Crippen LogP contribution >= 0.6 is 11.3 Å². The molecule has 3 nitrogen and oxygen atoms in total. The summed E-state index contributed by atoms with van der Waals surface area (Å²) in [7, 11) is 0. The number of ether oxygens (including phenoxy) is 1. The average molecular weight is 269 g/mol. The number of rotatable bonds is 8. The standard InChI is InChI=1S/C14H23NO2S/c1-5-15(7-8-17-6-2)10-14(16)13-9-11(3)18-12(13)4/h9H,5-8,10H2,1-4H3. The summed E-state index contributed by atoms with van der Waals surface area (Å²) in [5, 5.41) is 0. The number of ketones is 1. The van der Waals surface area contributed by atoms with Gasteiger partial charge in [0.2, 0.25) is 0 Å².